The normalized spacial score (nSPS) is 20.5. The fourth-order valence-electron chi connectivity index (χ4n) is 6.12. The minimum Gasteiger partial charge on any atom is -0.432 e. The molecule has 4 atom stereocenters. The standard InChI is InChI=1S/C33H42N2O5Si/c1-25-30(19-16-26-14-17-29(18-15-26)35(24-37)28-12-8-5-9-13-28)40-31(33(25)41(2,3)39)22-32(38)34(20-21-36)23-27-10-6-4-7-11-27/h4-15,17-18,24-25,30-31,33,36,39H,16,19-23H2,1-3H3/t25-,30+,31-,33+/m0/s1. The molecule has 2 N–H and O–H groups in total. The van der Waals surface area contributed by atoms with Gasteiger partial charge < -0.3 is 19.5 Å². The second kappa shape index (κ2) is 14.0. The number of nitrogens with zero attached hydrogens (tertiary/aromatic N) is 2. The van der Waals surface area contributed by atoms with Crippen molar-refractivity contribution in [1.82, 2.24) is 4.90 Å². The molecular formula is C33H42N2O5Si. The molecule has 0 aromatic heterocycles. The highest BCUT2D eigenvalue weighted by atomic mass is 28.4. The molecule has 1 heterocycles. The molecule has 3 aromatic rings. The zero-order chi connectivity index (χ0) is 29.4. The molecule has 4 rings (SSSR count). The number of aliphatic hydroxyl groups is 1. The monoisotopic (exact) mass is 574 g/mol. The lowest BCUT2D eigenvalue weighted by Gasteiger charge is -2.31. The van der Waals surface area contributed by atoms with Gasteiger partial charge in [0.05, 0.1) is 25.2 Å². The summed E-state index contributed by atoms with van der Waals surface area (Å²) in [6, 6.07) is 27.3. The summed E-state index contributed by atoms with van der Waals surface area (Å²) in [7, 11) is -2.63. The van der Waals surface area contributed by atoms with Crippen molar-refractivity contribution >= 4 is 32.0 Å². The second-order valence-electron chi connectivity index (χ2n) is 11.5. The van der Waals surface area contributed by atoms with Gasteiger partial charge in [0.1, 0.15) is 0 Å². The molecule has 0 unspecified atom stereocenters. The number of rotatable bonds is 13. The first-order chi connectivity index (χ1) is 19.7. The van der Waals surface area contributed by atoms with Crippen LogP contribution in [0.25, 0.3) is 0 Å². The third-order valence-electron chi connectivity index (χ3n) is 8.11. The molecule has 2 amide bonds. The summed E-state index contributed by atoms with van der Waals surface area (Å²) in [5, 5.41) is 9.61. The van der Waals surface area contributed by atoms with E-state index in [9.17, 15) is 19.5 Å². The molecule has 1 aliphatic rings. The van der Waals surface area contributed by atoms with E-state index in [4.69, 9.17) is 4.74 Å². The molecule has 0 saturated carbocycles. The molecule has 1 saturated heterocycles. The minimum absolute atomic E-state index is 0.0708. The maximum Gasteiger partial charge on any atom is 0.225 e. The van der Waals surface area contributed by atoms with E-state index in [1.165, 1.54) is 0 Å². The summed E-state index contributed by atoms with van der Waals surface area (Å²) in [6.07, 6.45) is 2.13. The van der Waals surface area contributed by atoms with Crippen LogP contribution >= 0.6 is 0 Å². The Morgan fingerprint density at radius 1 is 0.902 bits per heavy atom. The maximum absolute atomic E-state index is 13.4. The van der Waals surface area contributed by atoms with E-state index in [-0.39, 0.29) is 49.1 Å². The quantitative estimate of drug-likeness (QED) is 0.214. The summed E-state index contributed by atoms with van der Waals surface area (Å²) < 4.78 is 6.53. The van der Waals surface area contributed by atoms with Crippen LogP contribution in [0, 0.1) is 5.92 Å². The minimum atomic E-state index is -2.63. The van der Waals surface area contributed by atoms with Gasteiger partial charge in [0.2, 0.25) is 12.3 Å². The third-order valence-corrected chi connectivity index (χ3v) is 10.6. The summed E-state index contributed by atoms with van der Waals surface area (Å²) in [5.74, 6) is 0.0422. The van der Waals surface area contributed by atoms with E-state index in [0.717, 1.165) is 41.8 Å². The van der Waals surface area contributed by atoms with Gasteiger partial charge in [-0.05, 0) is 67.2 Å². The summed E-state index contributed by atoms with van der Waals surface area (Å²) in [4.78, 5) is 39.7. The van der Waals surface area contributed by atoms with E-state index in [1.54, 1.807) is 9.80 Å². The Balaban J connectivity index is 1.41. The van der Waals surface area contributed by atoms with Gasteiger partial charge >= 0.3 is 0 Å². The van der Waals surface area contributed by atoms with Crippen LogP contribution in [0.3, 0.4) is 0 Å². The van der Waals surface area contributed by atoms with Crippen LogP contribution in [-0.2, 0) is 27.3 Å². The fourth-order valence-corrected chi connectivity index (χ4v) is 8.72. The Labute approximate surface area is 244 Å². The van der Waals surface area contributed by atoms with Gasteiger partial charge in [-0.1, -0.05) is 67.6 Å². The highest BCUT2D eigenvalue weighted by Gasteiger charge is 2.50. The van der Waals surface area contributed by atoms with Crippen LogP contribution in [-0.4, -0.2) is 60.8 Å². The fraction of sp³-hybridized carbons (Fsp3) is 0.394. The molecule has 0 radical (unpaired) electrons. The van der Waals surface area contributed by atoms with E-state index >= 15 is 0 Å². The number of hydrogen-bond donors (Lipinski definition) is 2. The number of carbonyl (C=O) groups is 2. The molecule has 0 bridgehead atoms. The van der Waals surface area contributed by atoms with Crippen molar-refractivity contribution in [1.29, 1.82) is 0 Å². The zero-order valence-corrected chi connectivity index (χ0v) is 25.2. The largest absolute Gasteiger partial charge is 0.432 e. The Kier molecular flexibility index (Phi) is 10.5. The Bertz CT molecular complexity index is 1250. The molecular weight excluding hydrogens is 532 g/mol. The average molecular weight is 575 g/mol. The van der Waals surface area contributed by atoms with Gasteiger partial charge in [-0.15, -0.1) is 0 Å². The van der Waals surface area contributed by atoms with Crippen LogP contribution in [0.5, 0.6) is 0 Å². The molecule has 3 aromatic carbocycles. The van der Waals surface area contributed by atoms with Crippen molar-refractivity contribution in [3.05, 3.63) is 96.1 Å². The lowest BCUT2D eigenvalue weighted by molar-refractivity contribution is -0.135. The number of para-hydroxylation sites is 1. The van der Waals surface area contributed by atoms with E-state index in [2.05, 4.69) is 6.92 Å². The number of benzene rings is 3. The molecule has 7 nitrogen and oxygen atoms in total. The number of amides is 2. The number of carbonyl (C=O) groups excluding carboxylic acids is 2. The Hall–Kier alpha value is -3.30. The molecule has 1 aliphatic heterocycles. The highest BCUT2D eigenvalue weighted by Crippen LogP contribution is 2.45. The highest BCUT2D eigenvalue weighted by molar-refractivity contribution is 6.71. The second-order valence-corrected chi connectivity index (χ2v) is 15.5. The number of aliphatic hydroxyl groups excluding tert-OH is 1. The number of hydrogen-bond acceptors (Lipinski definition) is 5. The van der Waals surface area contributed by atoms with Crippen LogP contribution in [0.15, 0.2) is 84.9 Å². The maximum atomic E-state index is 13.4. The topological polar surface area (TPSA) is 90.3 Å². The van der Waals surface area contributed by atoms with Crippen LogP contribution in [0.2, 0.25) is 18.6 Å². The van der Waals surface area contributed by atoms with Gasteiger partial charge in [0.15, 0.2) is 8.32 Å². The zero-order valence-electron chi connectivity index (χ0n) is 24.2. The lowest BCUT2D eigenvalue weighted by Crippen LogP contribution is -2.42. The first kappa shape index (κ1) is 30.7. The van der Waals surface area contributed by atoms with Gasteiger partial charge in [-0.25, -0.2) is 0 Å². The predicted octanol–water partition coefficient (Wildman–Crippen LogP) is 5.30. The van der Waals surface area contributed by atoms with Gasteiger partial charge in [-0.3, -0.25) is 14.5 Å². The molecule has 1 fully saturated rings. The van der Waals surface area contributed by atoms with Gasteiger partial charge in [0.25, 0.3) is 0 Å². The first-order valence-corrected chi connectivity index (χ1v) is 17.4. The summed E-state index contributed by atoms with van der Waals surface area (Å²) in [5.41, 5.74) is 3.69. The Morgan fingerprint density at radius 3 is 2.10 bits per heavy atom. The van der Waals surface area contributed by atoms with Gasteiger partial charge in [-0.2, -0.15) is 0 Å². The third kappa shape index (κ3) is 7.92. The van der Waals surface area contributed by atoms with Crippen molar-refractivity contribution in [3.63, 3.8) is 0 Å². The first-order valence-electron chi connectivity index (χ1n) is 14.4. The number of aryl methyl sites for hydroxylation is 1. The van der Waals surface area contributed by atoms with Crippen LogP contribution in [0.1, 0.15) is 30.9 Å². The van der Waals surface area contributed by atoms with Crippen molar-refractivity contribution in [2.75, 3.05) is 18.1 Å². The molecule has 218 valence electrons. The average Bonchev–Trinajstić information content (AvgIpc) is 3.28. The molecule has 0 aliphatic carbocycles. The number of anilines is 2. The van der Waals surface area contributed by atoms with Crippen molar-refractivity contribution < 1.29 is 24.2 Å². The lowest BCUT2D eigenvalue weighted by atomic mass is 9.95. The number of ether oxygens (including phenoxy) is 1. The molecule has 41 heavy (non-hydrogen) atoms. The van der Waals surface area contributed by atoms with E-state index in [0.29, 0.717) is 6.54 Å². The summed E-state index contributed by atoms with van der Waals surface area (Å²) >= 11 is 0. The molecule has 8 heteroatoms. The van der Waals surface area contributed by atoms with Crippen LogP contribution < -0.4 is 4.90 Å². The van der Waals surface area contributed by atoms with Crippen molar-refractivity contribution in [2.24, 2.45) is 5.92 Å². The molecule has 0 spiro atoms. The van der Waals surface area contributed by atoms with Gasteiger partial charge in [0, 0.05) is 30.0 Å². The van der Waals surface area contributed by atoms with Crippen LogP contribution in [0.4, 0.5) is 11.4 Å². The van der Waals surface area contributed by atoms with Crippen molar-refractivity contribution in [3.8, 4) is 0 Å². The predicted molar refractivity (Wildman–Crippen MR) is 164 cm³/mol. The smallest absolute Gasteiger partial charge is 0.225 e. The Morgan fingerprint density at radius 2 is 1.51 bits per heavy atom. The SMILES string of the molecule is C[C@@H]1[C@@H]([Si](C)(C)O)[C@H](CC(=O)N(CCO)Cc2ccccc2)O[C@@H]1CCc1ccc(N(C=O)c2ccccc2)cc1. The van der Waals surface area contributed by atoms with E-state index < -0.39 is 8.32 Å². The van der Waals surface area contributed by atoms with Crippen molar-refractivity contribution in [2.45, 2.75) is 63.6 Å². The summed E-state index contributed by atoms with van der Waals surface area (Å²) in [6.45, 7) is 6.56. The van der Waals surface area contributed by atoms with E-state index in [1.807, 2.05) is 98.0 Å².